The van der Waals surface area contributed by atoms with Crippen molar-refractivity contribution >= 4 is 11.8 Å². The van der Waals surface area contributed by atoms with E-state index in [0.29, 0.717) is 18.5 Å². The fourth-order valence-electron chi connectivity index (χ4n) is 3.66. The van der Waals surface area contributed by atoms with Crippen LogP contribution in [-0.4, -0.2) is 29.3 Å². The summed E-state index contributed by atoms with van der Waals surface area (Å²) in [5.41, 5.74) is 2.19. The molecule has 1 atom stereocenters. The summed E-state index contributed by atoms with van der Waals surface area (Å²) in [5, 5.41) is 2.99. The molecule has 0 unspecified atom stereocenters. The van der Waals surface area contributed by atoms with Crippen LogP contribution in [0.15, 0.2) is 84.9 Å². The number of hydrogen-bond donors (Lipinski definition) is 1. The Morgan fingerprint density at radius 2 is 1.42 bits per heavy atom. The van der Waals surface area contributed by atoms with Crippen LogP contribution >= 0.6 is 0 Å². The van der Waals surface area contributed by atoms with E-state index in [9.17, 15) is 14.0 Å². The van der Waals surface area contributed by atoms with E-state index in [0.717, 1.165) is 11.1 Å². The maximum absolute atomic E-state index is 14.3. The fourth-order valence-corrected chi connectivity index (χ4v) is 3.66. The summed E-state index contributed by atoms with van der Waals surface area (Å²) in [7, 11) is 0. The van der Waals surface area contributed by atoms with Crippen molar-refractivity contribution in [1.82, 2.24) is 10.2 Å². The molecule has 0 aliphatic rings. The predicted octanol–water partition coefficient (Wildman–Crippen LogP) is 4.78. The molecule has 0 aliphatic carbocycles. The number of carbonyl (C=O) groups is 2. The molecule has 3 aromatic rings. The van der Waals surface area contributed by atoms with Gasteiger partial charge in [0, 0.05) is 19.5 Å². The minimum absolute atomic E-state index is 0.109. The van der Waals surface area contributed by atoms with Gasteiger partial charge in [0.2, 0.25) is 11.8 Å². The molecule has 1 N–H and O–H groups in total. The minimum atomic E-state index is -0.717. The highest BCUT2D eigenvalue weighted by Crippen LogP contribution is 2.17. The molecule has 0 heterocycles. The summed E-state index contributed by atoms with van der Waals surface area (Å²) in [5.74, 6) is -0.632. The van der Waals surface area contributed by atoms with E-state index in [2.05, 4.69) is 5.32 Å². The van der Waals surface area contributed by atoms with Crippen molar-refractivity contribution < 1.29 is 14.0 Å². The lowest BCUT2D eigenvalue weighted by atomic mass is 10.0. The Labute approximate surface area is 195 Å². The molecule has 3 rings (SSSR count). The summed E-state index contributed by atoms with van der Waals surface area (Å²) in [6.45, 7) is 4.83. The van der Waals surface area contributed by atoms with Gasteiger partial charge in [-0.15, -0.1) is 0 Å². The third-order valence-electron chi connectivity index (χ3n) is 5.45. The molecule has 0 fully saturated rings. The molecule has 0 radical (unpaired) electrons. The van der Waals surface area contributed by atoms with Crippen molar-refractivity contribution in [1.29, 1.82) is 0 Å². The molecular formula is C28H31FN2O2. The average Bonchev–Trinajstić information content (AvgIpc) is 2.82. The number of rotatable bonds is 10. The summed E-state index contributed by atoms with van der Waals surface area (Å²) in [6, 6.07) is 24.8. The van der Waals surface area contributed by atoms with Gasteiger partial charge in [0.25, 0.3) is 0 Å². The maximum atomic E-state index is 14.3. The zero-order valence-electron chi connectivity index (χ0n) is 19.2. The standard InChI is InChI=1S/C28H31FN2O2/c1-21(2)19-30-28(33)26(17-22-11-5-3-6-12-22)31(20-23-13-7-4-8-14-23)27(32)18-24-15-9-10-16-25(24)29/h3-16,21,26H,17-20H2,1-2H3,(H,30,33)/t26-/m1/s1. The van der Waals surface area contributed by atoms with Gasteiger partial charge >= 0.3 is 0 Å². The van der Waals surface area contributed by atoms with E-state index in [1.807, 2.05) is 74.5 Å². The molecule has 2 amide bonds. The molecule has 0 aromatic heterocycles. The molecule has 172 valence electrons. The van der Waals surface area contributed by atoms with Crippen LogP contribution in [0.2, 0.25) is 0 Å². The molecule has 5 heteroatoms. The SMILES string of the molecule is CC(C)CNC(=O)[C@@H](Cc1ccccc1)N(Cc1ccccc1)C(=O)Cc1ccccc1F. The Bertz CT molecular complexity index is 1040. The van der Waals surface area contributed by atoms with Crippen LogP contribution in [0.25, 0.3) is 0 Å². The van der Waals surface area contributed by atoms with E-state index >= 15 is 0 Å². The van der Waals surface area contributed by atoms with Gasteiger partial charge < -0.3 is 10.2 Å². The molecule has 0 spiro atoms. The van der Waals surface area contributed by atoms with Gasteiger partial charge in [-0.1, -0.05) is 92.7 Å². The van der Waals surface area contributed by atoms with Crippen LogP contribution in [0.4, 0.5) is 4.39 Å². The second kappa shape index (κ2) is 12.0. The average molecular weight is 447 g/mol. The summed E-state index contributed by atoms with van der Waals surface area (Å²) in [4.78, 5) is 28.4. The lowest BCUT2D eigenvalue weighted by molar-refractivity contribution is -0.140. The smallest absolute Gasteiger partial charge is 0.243 e. The van der Waals surface area contributed by atoms with Crippen LogP contribution < -0.4 is 5.32 Å². The lowest BCUT2D eigenvalue weighted by Crippen LogP contribution is -2.51. The number of halogens is 1. The van der Waals surface area contributed by atoms with Gasteiger partial charge in [0.15, 0.2) is 0 Å². The molecular weight excluding hydrogens is 415 g/mol. The van der Waals surface area contributed by atoms with Crippen molar-refractivity contribution in [2.75, 3.05) is 6.54 Å². The number of amides is 2. The monoisotopic (exact) mass is 446 g/mol. The second-order valence-corrected chi connectivity index (χ2v) is 8.62. The normalized spacial score (nSPS) is 11.8. The zero-order valence-corrected chi connectivity index (χ0v) is 19.2. The van der Waals surface area contributed by atoms with E-state index in [1.165, 1.54) is 6.07 Å². The maximum Gasteiger partial charge on any atom is 0.243 e. The van der Waals surface area contributed by atoms with Gasteiger partial charge in [-0.3, -0.25) is 9.59 Å². The van der Waals surface area contributed by atoms with Crippen LogP contribution in [0.3, 0.4) is 0 Å². The van der Waals surface area contributed by atoms with E-state index in [-0.39, 0.29) is 30.7 Å². The fraction of sp³-hybridized carbons (Fsp3) is 0.286. The van der Waals surface area contributed by atoms with Crippen molar-refractivity contribution in [3.05, 3.63) is 107 Å². The highest BCUT2D eigenvalue weighted by molar-refractivity contribution is 5.88. The molecule has 0 aliphatic heterocycles. The molecule has 33 heavy (non-hydrogen) atoms. The van der Waals surface area contributed by atoms with E-state index < -0.39 is 11.9 Å². The summed E-state index contributed by atoms with van der Waals surface area (Å²) < 4.78 is 14.3. The van der Waals surface area contributed by atoms with Crippen LogP contribution in [0.5, 0.6) is 0 Å². The first kappa shape index (κ1) is 24.2. The molecule has 0 saturated carbocycles. The Kier molecular flexibility index (Phi) is 8.76. The predicted molar refractivity (Wildman–Crippen MR) is 129 cm³/mol. The molecule has 3 aromatic carbocycles. The lowest BCUT2D eigenvalue weighted by Gasteiger charge is -2.32. The first-order valence-electron chi connectivity index (χ1n) is 11.3. The third kappa shape index (κ3) is 7.28. The van der Waals surface area contributed by atoms with Crippen LogP contribution in [0, 0.1) is 11.7 Å². The number of nitrogens with one attached hydrogen (secondary N) is 1. The molecule has 0 bridgehead atoms. The zero-order chi connectivity index (χ0) is 23.6. The van der Waals surface area contributed by atoms with Crippen molar-refractivity contribution in [3.8, 4) is 0 Å². The molecule has 4 nitrogen and oxygen atoms in total. The summed E-state index contributed by atoms with van der Waals surface area (Å²) in [6.07, 6.45) is 0.267. The number of benzene rings is 3. The largest absolute Gasteiger partial charge is 0.354 e. The first-order chi connectivity index (χ1) is 15.9. The van der Waals surface area contributed by atoms with Crippen molar-refractivity contribution in [2.45, 2.75) is 39.3 Å². The second-order valence-electron chi connectivity index (χ2n) is 8.62. The van der Waals surface area contributed by atoms with Crippen molar-refractivity contribution in [3.63, 3.8) is 0 Å². The number of nitrogens with zero attached hydrogens (tertiary/aromatic N) is 1. The van der Waals surface area contributed by atoms with Crippen molar-refractivity contribution in [2.24, 2.45) is 5.92 Å². The topological polar surface area (TPSA) is 49.4 Å². The van der Waals surface area contributed by atoms with Gasteiger partial charge in [-0.25, -0.2) is 4.39 Å². The van der Waals surface area contributed by atoms with E-state index in [4.69, 9.17) is 0 Å². The van der Waals surface area contributed by atoms with Gasteiger partial charge in [0.05, 0.1) is 6.42 Å². The van der Waals surface area contributed by atoms with Gasteiger partial charge in [-0.05, 0) is 28.7 Å². The van der Waals surface area contributed by atoms with Gasteiger partial charge in [-0.2, -0.15) is 0 Å². The number of hydrogen-bond acceptors (Lipinski definition) is 2. The quantitative estimate of drug-likeness (QED) is 0.487. The number of carbonyl (C=O) groups excluding carboxylic acids is 2. The third-order valence-corrected chi connectivity index (χ3v) is 5.45. The van der Waals surface area contributed by atoms with Crippen LogP contribution in [0.1, 0.15) is 30.5 Å². The Hall–Kier alpha value is -3.47. The Balaban J connectivity index is 1.94. The van der Waals surface area contributed by atoms with Crippen LogP contribution in [-0.2, 0) is 29.0 Å². The highest BCUT2D eigenvalue weighted by atomic mass is 19.1. The van der Waals surface area contributed by atoms with Gasteiger partial charge in [0.1, 0.15) is 11.9 Å². The minimum Gasteiger partial charge on any atom is -0.354 e. The highest BCUT2D eigenvalue weighted by Gasteiger charge is 2.30. The molecule has 0 saturated heterocycles. The summed E-state index contributed by atoms with van der Waals surface area (Å²) >= 11 is 0. The Morgan fingerprint density at radius 1 is 0.848 bits per heavy atom. The first-order valence-corrected chi connectivity index (χ1v) is 11.3. The Morgan fingerprint density at radius 3 is 2.03 bits per heavy atom. The van der Waals surface area contributed by atoms with E-state index in [1.54, 1.807) is 23.1 Å².